The minimum Gasteiger partial charge on any atom is -0.357 e. The van der Waals surface area contributed by atoms with E-state index in [1.807, 2.05) is 14.1 Å². The molecule has 0 bridgehead atoms. The number of halogens is 1. The maximum Gasteiger partial charge on any atom is 0.191 e. The van der Waals surface area contributed by atoms with Crippen LogP contribution in [0, 0.1) is 0 Å². The summed E-state index contributed by atoms with van der Waals surface area (Å²) in [7, 11) is 3.87. The van der Waals surface area contributed by atoms with E-state index >= 15 is 0 Å². The fourth-order valence-corrected chi connectivity index (χ4v) is 2.31. The zero-order chi connectivity index (χ0) is 12.1. The van der Waals surface area contributed by atoms with Crippen LogP contribution in [0.5, 0.6) is 0 Å². The van der Waals surface area contributed by atoms with E-state index in [1.165, 1.54) is 31.2 Å². The maximum atomic E-state index is 4.26. The summed E-state index contributed by atoms with van der Waals surface area (Å²) in [5.41, 5.74) is 1.28. The number of guanidine groups is 1. The number of nitrogens with zero attached hydrogens (tertiary/aromatic N) is 2. The fraction of sp³-hybridized carbons (Fsp3) is 0.615. The molecule has 102 valence electrons. The molecule has 0 aliphatic heterocycles. The molecule has 2 rings (SSSR count). The molecular weight excluding hydrogens is 339 g/mol. The van der Waals surface area contributed by atoms with Crippen molar-refractivity contribution in [1.29, 1.82) is 0 Å². The molecule has 2 N–H and O–H groups in total. The highest BCUT2D eigenvalue weighted by Crippen LogP contribution is 2.17. The summed E-state index contributed by atoms with van der Waals surface area (Å²) in [6, 6.07) is 2.73. The summed E-state index contributed by atoms with van der Waals surface area (Å²) in [5.74, 6) is 0.917. The van der Waals surface area contributed by atoms with Gasteiger partial charge in [-0.25, -0.2) is 0 Å². The molecule has 1 aliphatic rings. The lowest BCUT2D eigenvalue weighted by atomic mass is 10.2. The Bertz CT molecular complexity index is 380. The Morgan fingerprint density at radius 1 is 1.44 bits per heavy atom. The molecule has 0 spiro atoms. The molecule has 1 heterocycles. The summed E-state index contributed by atoms with van der Waals surface area (Å²) >= 11 is 0. The summed E-state index contributed by atoms with van der Waals surface area (Å²) in [6.07, 6.45) is 9.40. The van der Waals surface area contributed by atoms with Gasteiger partial charge in [-0.05, 0) is 24.5 Å². The molecule has 0 atom stereocenters. The Labute approximate surface area is 126 Å². The van der Waals surface area contributed by atoms with Crippen LogP contribution < -0.4 is 10.6 Å². The van der Waals surface area contributed by atoms with E-state index in [4.69, 9.17) is 0 Å². The Kier molecular flexibility index (Phi) is 6.52. The highest BCUT2D eigenvalue weighted by atomic mass is 127. The first-order valence-corrected chi connectivity index (χ1v) is 6.36. The Hall–Kier alpha value is -0.720. The lowest BCUT2D eigenvalue weighted by Crippen LogP contribution is -2.41. The average Bonchev–Trinajstić information content (AvgIpc) is 2.96. The van der Waals surface area contributed by atoms with Gasteiger partial charge in [-0.15, -0.1) is 24.0 Å². The first-order chi connectivity index (χ1) is 8.28. The van der Waals surface area contributed by atoms with Crippen LogP contribution in [0.4, 0.5) is 0 Å². The zero-order valence-electron chi connectivity index (χ0n) is 11.1. The Morgan fingerprint density at radius 3 is 2.72 bits per heavy atom. The minimum atomic E-state index is 0. The first-order valence-electron chi connectivity index (χ1n) is 6.36. The lowest BCUT2D eigenvalue weighted by Gasteiger charge is -2.16. The summed E-state index contributed by atoms with van der Waals surface area (Å²) < 4.78 is 2.06. The van der Waals surface area contributed by atoms with Crippen LogP contribution in [0.1, 0.15) is 31.2 Å². The topological polar surface area (TPSA) is 41.4 Å². The normalized spacial score (nSPS) is 16.4. The highest BCUT2D eigenvalue weighted by molar-refractivity contribution is 14.0. The van der Waals surface area contributed by atoms with E-state index in [2.05, 4.69) is 38.7 Å². The number of hydrogen-bond donors (Lipinski definition) is 2. The molecule has 4 nitrogen and oxygen atoms in total. The molecule has 0 radical (unpaired) electrons. The van der Waals surface area contributed by atoms with Crippen molar-refractivity contribution < 1.29 is 0 Å². The van der Waals surface area contributed by atoms with E-state index in [0.717, 1.165) is 12.5 Å². The van der Waals surface area contributed by atoms with Gasteiger partial charge in [0, 0.05) is 39.1 Å². The van der Waals surface area contributed by atoms with Crippen LogP contribution in [-0.2, 0) is 13.6 Å². The van der Waals surface area contributed by atoms with Crippen molar-refractivity contribution in [2.24, 2.45) is 12.0 Å². The van der Waals surface area contributed by atoms with Crippen LogP contribution in [0.3, 0.4) is 0 Å². The van der Waals surface area contributed by atoms with E-state index in [-0.39, 0.29) is 24.0 Å². The van der Waals surface area contributed by atoms with Crippen molar-refractivity contribution >= 4 is 29.9 Å². The number of rotatable bonds is 3. The van der Waals surface area contributed by atoms with Gasteiger partial charge >= 0.3 is 0 Å². The Morgan fingerprint density at radius 2 is 2.17 bits per heavy atom. The van der Waals surface area contributed by atoms with E-state index in [1.54, 1.807) is 0 Å². The summed E-state index contributed by atoms with van der Waals surface area (Å²) in [5, 5.41) is 6.83. The third-order valence-corrected chi connectivity index (χ3v) is 3.27. The van der Waals surface area contributed by atoms with Gasteiger partial charge in [0.2, 0.25) is 0 Å². The van der Waals surface area contributed by atoms with Gasteiger partial charge in [0.25, 0.3) is 0 Å². The molecule has 18 heavy (non-hydrogen) atoms. The van der Waals surface area contributed by atoms with E-state index in [9.17, 15) is 0 Å². The van der Waals surface area contributed by atoms with Crippen molar-refractivity contribution in [2.75, 3.05) is 7.05 Å². The van der Waals surface area contributed by atoms with E-state index < -0.39 is 0 Å². The predicted molar refractivity (Wildman–Crippen MR) is 86.4 cm³/mol. The molecule has 0 saturated heterocycles. The summed E-state index contributed by atoms with van der Waals surface area (Å²) in [4.78, 5) is 4.26. The molecular formula is C13H23IN4. The number of aryl methyl sites for hydroxylation is 1. The quantitative estimate of drug-likeness (QED) is 0.492. The molecule has 0 aromatic carbocycles. The fourth-order valence-electron chi connectivity index (χ4n) is 2.31. The second-order valence-electron chi connectivity index (χ2n) is 4.74. The number of aliphatic imine (C=N–C) groups is 1. The van der Waals surface area contributed by atoms with Crippen molar-refractivity contribution in [3.63, 3.8) is 0 Å². The molecule has 1 aliphatic carbocycles. The number of nitrogens with one attached hydrogen (secondary N) is 2. The smallest absolute Gasteiger partial charge is 0.191 e. The maximum absolute atomic E-state index is 4.26. The second kappa shape index (κ2) is 7.66. The lowest BCUT2D eigenvalue weighted by molar-refractivity contribution is 0.613. The van der Waals surface area contributed by atoms with Crippen LogP contribution in [0.25, 0.3) is 0 Å². The standard InChI is InChI=1S/C13H22N4.HI/c1-14-13(16-12-5-3-4-6-12)15-9-11-7-8-17(2)10-11;/h7-8,10,12H,3-6,9H2,1-2H3,(H2,14,15,16);1H. The van der Waals surface area contributed by atoms with Crippen molar-refractivity contribution in [3.05, 3.63) is 24.0 Å². The molecule has 1 aromatic rings. The second-order valence-corrected chi connectivity index (χ2v) is 4.74. The van der Waals surface area contributed by atoms with Crippen molar-refractivity contribution in [2.45, 2.75) is 38.3 Å². The molecule has 0 unspecified atom stereocenters. The van der Waals surface area contributed by atoms with Gasteiger partial charge in [-0.3, -0.25) is 4.99 Å². The third-order valence-electron chi connectivity index (χ3n) is 3.27. The third kappa shape index (κ3) is 4.51. The van der Waals surface area contributed by atoms with Gasteiger partial charge in [0.15, 0.2) is 5.96 Å². The van der Waals surface area contributed by atoms with Gasteiger partial charge in [0.05, 0.1) is 0 Å². The monoisotopic (exact) mass is 362 g/mol. The van der Waals surface area contributed by atoms with Crippen LogP contribution in [0.2, 0.25) is 0 Å². The average molecular weight is 362 g/mol. The van der Waals surface area contributed by atoms with Gasteiger partial charge in [-0.2, -0.15) is 0 Å². The zero-order valence-corrected chi connectivity index (χ0v) is 13.5. The van der Waals surface area contributed by atoms with Gasteiger partial charge in [-0.1, -0.05) is 12.8 Å². The molecule has 1 fully saturated rings. The largest absolute Gasteiger partial charge is 0.357 e. The van der Waals surface area contributed by atoms with Gasteiger partial charge < -0.3 is 15.2 Å². The number of hydrogen-bond acceptors (Lipinski definition) is 1. The molecule has 1 aromatic heterocycles. The number of aromatic nitrogens is 1. The van der Waals surface area contributed by atoms with Crippen LogP contribution in [-0.4, -0.2) is 23.6 Å². The molecule has 5 heteroatoms. The van der Waals surface area contributed by atoms with Crippen LogP contribution >= 0.6 is 24.0 Å². The molecule has 0 amide bonds. The van der Waals surface area contributed by atoms with E-state index in [0.29, 0.717) is 6.04 Å². The highest BCUT2D eigenvalue weighted by Gasteiger charge is 2.15. The summed E-state index contributed by atoms with van der Waals surface area (Å²) in [6.45, 7) is 0.827. The van der Waals surface area contributed by atoms with Crippen LogP contribution in [0.15, 0.2) is 23.5 Å². The van der Waals surface area contributed by atoms with Crippen molar-refractivity contribution in [3.8, 4) is 0 Å². The SMILES string of the molecule is CN=C(NCc1ccn(C)c1)NC1CCCC1.I. The first kappa shape index (κ1) is 15.3. The minimum absolute atomic E-state index is 0. The Balaban J connectivity index is 0.00000162. The molecule has 1 saturated carbocycles. The predicted octanol–water partition coefficient (Wildman–Crippen LogP) is 2.25. The van der Waals surface area contributed by atoms with Crippen molar-refractivity contribution in [1.82, 2.24) is 15.2 Å². The van der Waals surface area contributed by atoms with Gasteiger partial charge in [0.1, 0.15) is 0 Å².